The van der Waals surface area contributed by atoms with E-state index in [1.54, 1.807) is 0 Å². The Morgan fingerprint density at radius 2 is 1.08 bits per heavy atom. The molecular formula is C33H43ClF4. The Bertz CT molecular complexity index is 989. The van der Waals surface area contributed by atoms with Gasteiger partial charge in [-0.1, -0.05) is 95.6 Å². The molecule has 0 aliphatic heterocycles. The molecule has 0 aromatic heterocycles. The van der Waals surface area contributed by atoms with Crippen LogP contribution in [0.15, 0.2) is 24.3 Å². The van der Waals surface area contributed by atoms with Crippen molar-refractivity contribution in [2.45, 2.75) is 116 Å². The fourth-order valence-electron chi connectivity index (χ4n) is 6.91. The van der Waals surface area contributed by atoms with Gasteiger partial charge in [0.1, 0.15) is 28.3 Å². The van der Waals surface area contributed by atoms with E-state index in [1.807, 2.05) is 0 Å². The second kappa shape index (κ2) is 14.2. The highest BCUT2D eigenvalue weighted by Gasteiger charge is 2.27. The quantitative estimate of drug-likeness (QED) is 0.148. The second-order valence-electron chi connectivity index (χ2n) is 12.0. The van der Waals surface area contributed by atoms with Crippen LogP contribution < -0.4 is 0 Å². The van der Waals surface area contributed by atoms with E-state index in [2.05, 4.69) is 6.92 Å². The lowest BCUT2D eigenvalue weighted by atomic mass is 9.74. The highest BCUT2D eigenvalue weighted by molar-refractivity contribution is 6.31. The zero-order valence-electron chi connectivity index (χ0n) is 22.8. The van der Waals surface area contributed by atoms with E-state index in [0.717, 1.165) is 49.7 Å². The zero-order valence-corrected chi connectivity index (χ0v) is 23.6. The van der Waals surface area contributed by atoms with Crippen LogP contribution >= 0.6 is 11.6 Å². The standard InChI is InChI=1S/C33H43ClF4/c1-2-3-4-5-6-7-22-8-10-23(11-9-22)12-13-24-14-16-25(17-15-24)26-18-28(35)32(29(36)19-26)27-20-30(37)33(34)31(38)21-27/h18-25H,2-17H2,1H3. The van der Waals surface area contributed by atoms with E-state index in [1.165, 1.54) is 89.2 Å². The van der Waals surface area contributed by atoms with Gasteiger partial charge >= 0.3 is 0 Å². The number of hydrogen-bond acceptors (Lipinski definition) is 0. The average molecular weight is 551 g/mol. The van der Waals surface area contributed by atoms with Crippen LogP contribution in [0.3, 0.4) is 0 Å². The lowest BCUT2D eigenvalue weighted by Crippen LogP contribution is -2.18. The molecule has 2 saturated carbocycles. The maximum absolute atomic E-state index is 14.9. The Kier molecular flexibility index (Phi) is 11.0. The molecule has 210 valence electrons. The minimum Gasteiger partial charge on any atom is -0.206 e. The van der Waals surface area contributed by atoms with E-state index < -0.39 is 33.9 Å². The Labute approximate surface area is 231 Å². The summed E-state index contributed by atoms with van der Waals surface area (Å²) >= 11 is 5.52. The highest BCUT2D eigenvalue weighted by atomic mass is 35.5. The predicted molar refractivity (Wildman–Crippen MR) is 149 cm³/mol. The molecular weight excluding hydrogens is 508 g/mol. The molecule has 5 heteroatoms. The van der Waals surface area contributed by atoms with Crippen LogP contribution in [0.2, 0.25) is 5.02 Å². The first-order valence-corrected chi connectivity index (χ1v) is 15.4. The molecule has 0 N–H and O–H groups in total. The molecule has 2 aliphatic carbocycles. The third-order valence-electron chi connectivity index (χ3n) is 9.32. The second-order valence-corrected chi connectivity index (χ2v) is 12.4. The van der Waals surface area contributed by atoms with Gasteiger partial charge in [-0.25, -0.2) is 17.6 Å². The van der Waals surface area contributed by atoms with Crippen molar-refractivity contribution < 1.29 is 17.6 Å². The smallest absolute Gasteiger partial charge is 0.145 e. The molecule has 0 atom stereocenters. The fourth-order valence-corrected chi connectivity index (χ4v) is 7.01. The van der Waals surface area contributed by atoms with Crippen LogP contribution in [-0.2, 0) is 0 Å². The van der Waals surface area contributed by atoms with Crippen molar-refractivity contribution in [1.82, 2.24) is 0 Å². The average Bonchev–Trinajstić information content (AvgIpc) is 2.91. The molecule has 0 nitrogen and oxygen atoms in total. The molecule has 0 amide bonds. The first-order chi connectivity index (χ1) is 18.4. The molecule has 4 rings (SSSR count). The van der Waals surface area contributed by atoms with Gasteiger partial charge in [0, 0.05) is 0 Å². The predicted octanol–water partition coefficient (Wildman–Crippen LogP) is 11.8. The van der Waals surface area contributed by atoms with Crippen molar-refractivity contribution in [1.29, 1.82) is 0 Å². The minimum atomic E-state index is -1.03. The number of benzene rings is 2. The maximum Gasteiger partial charge on any atom is 0.145 e. The van der Waals surface area contributed by atoms with E-state index in [-0.39, 0.29) is 11.5 Å². The topological polar surface area (TPSA) is 0 Å². The normalized spacial score (nSPS) is 24.1. The van der Waals surface area contributed by atoms with Crippen molar-refractivity contribution in [2.24, 2.45) is 17.8 Å². The SMILES string of the molecule is CCCCCCCC1CCC(CCC2CCC(c3cc(F)c(-c4cc(F)c(Cl)c(F)c4)c(F)c3)CC2)CC1. The summed E-state index contributed by atoms with van der Waals surface area (Å²) in [5.41, 5.74) is 0.0453. The van der Waals surface area contributed by atoms with Gasteiger partial charge in [-0.05, 0) is 84.7 Å². The fraction of sp³-hybridized carbons (Fsp3) is 0.636. The number of hydrogen-bond donors (Lipinski definition) is 0. The molecule has 0 bridgehead atoms. The van der Waals surface area contributed by atoms with Gasteiger partial charge in [0.05, 0.1) is 5.56 Å². The number of unbranched alkanes of at least 4 members (excludes halogenated alkanes) is 4. The Morgan fingerprint density at radius 1 is 0.605 bits per heavy atom. The van der Waals surface area contributed by atoms with E-state index in [0.29, 0.717) is 11.5 Å². The van der Waals surface area contributed by atoms with E-state index in [4.69, 9.17) is 11.6 Å². The van der Waals surface area contributed by atoms with Gasteiger partial charge in [0.2, 0.25) is 0 Å². The molecule has 38 heavy (non-hydrogen) atoms. The molecule has 0 spiro atoms. The van der Waals surface area contributed by atoms with Gasteiger partial charge in [-0.15, -0.1) is 0 Å². The van der Waals surface area contributed by atoms with E-state index in [9.17, 15) is 17.6 Å². The van der Waals surface area contributed by atoms with Gasteiger partial charge < -0.3 is 0 Å². The van der Waals surface area contributed by atoms with Crippen LogP contribution in [0.25, 0.3) is 11.1 Å². The number of rotatable bonds is 11. The molecule has 0 heterocycles. The van der Waals surface area contributed by atoms with Gasteiger partial charge in [-0.2, -0.15) is 0 Å². The molecule has 2 aliphatic rings. The van der Waals surface area contributed by atoms with Crippen molar-refractivity contribution in [3.05, 3.63) is 58.1 Å². The van der Waals surface area contributed by atoms with Gasteiger partial charge in [-0.3, -0.25) is 0 Å². The van der Waals surface area contributed by atoms with E-state index >= 15 is 0 Å². The summed E-state index contributed by atoms with van der Waals surface area (Å²) < 4.78 is 57.6. The van der Waals surface area contributed by atoms with Crippen molar-refractivity contribution in [3.8, 4) is 11.1 Å². The third-order valence-corrected chi connectivity index (χ3v) is 9.68. The molecule has 2 aromatic rings. The zero-order chi connectivity index (χ0) is 27.1. The monoisotopic (exact) mass is 550 g/mol. The lowest BCUT2D eigenvalue weighted by molar-refractivity contribution is 0.222. The van der Waals surface area contributed by atoms with Crippen molar-refractivity contribution >= 4 is 11.6 Å². The van der Waals surface area contributed by atoms with Crippen LogP contribution in [0, 0.1) is 41.0 Å². The molecule has 0 unspecified atom stereocenters. The summed E-state index contributed by atoms with van der Waals surface area (Å²) in [5, 5.41) is -0.677. The lowest BCUT2D eigenvalue weighted by Gasteiger charge is -2.32. The van der Waals surface area contributed by atoms with Crippen LogP contribution in [0.1, 0.15) is 121 Å². The minimum absolute atomic E-state index is 0.121. The van der Waals surface area contributed by atoms with Crippen molar-refractivity contribution in [3.63, 3.8) is 0 Å². The summed E-state index contributed by atoms with van der Waals surface area (Å²) in [7, 11) is 0. The Morgan fingerprint density at radius 3 is 1.61 bits per heavy atom. The molecule has 2 aromatic carbocycles. The number of halogens is 5. The molecule has 2 fully saturated rings. The van der Waals surface area contributed by atoms with Gasteiger partial charge in [0.15, 0.2) is 0 Å². The largest absolute Gasteiger partial charge is 0.206 e. The van der Waals surface area contributed by atoms with Crippen molar-refractivity contribution in [2.75, 3.05) is 0 Å². The summed E-state index contributed by atoms with van der Waals surface area (Å²) in [6.45, 7) is 2.27. The van der Waals surface area contributed by atoms with Crippen LogP contribution in [-0.4, -0.2) is 0 Å². The summed E-state index contributed by atoms with van der Waals surface area (Å²) in [5.74, 6) is -0.995. The Hall–Kier alpha value is -1.55. The summed E-state index contributed by atoms with van der Waals surface area (Å²) in [6.07, 6.45) is 20.6. The molecule has 0 saturated heterocycles. The Balaban J connectivity index is 1.22. The first-order valence-electron chi connectivity index (χ1n) is 15.0. The van der Waals surface area contributed by atoms with Gasteiger partial charge in [0.25, 0.3) is 0 Å². The third kappa shape index (κ3) is 7.77. The summed E-state index contributed by atoms with van der Waals surface area (Å²) in [6, 6.07) is 4.43. The first kappa shape index (κ1) is 29.4. The maximum atomic E-state index is 14.9. The highest BCUT2D eigenvalue weighted by Crippen LogP contribution is 2.42. The summed E-state index contributed by atoms with van der Waals surface area (Å²) in [4.78, 5) is 0. The molecule has 0 radical (unpaired) electrons. The van der Waals surface area contributed by atoms with Crippen LogP contribution in [0.4, 0.5) is 17.6 Å². The van der Waals surface area contributed by atoms with Crippen LogP contribution in [0.5, 0.6) is 0 Å².